The minimum atomic E-state index is 0.287. The molecular weight excluding hydrogens is 256 g/mol. The molecule has 0 unspecified atom stereocenters. The number of hydrogen-bond acceptors (Lipinski definition) is 3. The Hall–Kier alpha value is -0.220. The smallest absolute Gasteiger partial charge is 0.157 e. The van der Waals surface area contributed by atoms with Crippen LogP contribution in [0.3, 0.4) is 0 Å². The van der Waals surface area contributed by atoms with E-state index in [0.717, 1.165) is 26.1 Å². The van der Waals surface area contributed by atoms with Gasteiger partial charge in [0, 0.05) is 19.0 Å². The molecule has 1 saturated carbocycles. The summed E-state index contributed by atoms with van der Waals surface area (Å²) >= 11 is 1.92. The van der Waals surface area contributed by atoms with Gasteiger partial charge in [0.25, 0.3) is 0 Å². The van der Waals surface area contributed by atoms with Crippen molar-refractivity contribution in [1.82, 2.24) is 5.32 Å². The van der Waals surface area contributed by atoms with E-state index >= 15 is 0 Å². The first-order valence-corrected chi connectivity index (χ1v) is 8.62. The van der Waals surface area contributed by atoms with Gasteiger partial charge >= 0.3 is 0 Å². The van der Waals surface area contributed by atoms with E-state index in [1.807, 2.05) is 11.8 Å². The summed E-state index contributed by atoms with van der Waals surface area (Å²) in [6.07, 6.45) is 7.42. The summed E-state index contributed by atoms with van der Waals surface area (Å²) in [7, 11) is 0. The van der Waals surface area contributed by atoms with Crippen LogP contribution in [0.15, 0.2) is 4.99 Å². The van der Waals surface area contributed by atoms with Crippen LogP contribution in [0.1, 0.15) is 52.4 Å². The van der Waals surface area contributed by atoms with Crippen LogP contribution in [0.4, 0.5) is 0 Å². The Kier molecular flexibility index (Phi) is 3.82. The van der Waals surface area contributed by atoms with Crippen molar-refractivity contribution in [2.45, 2.75) is 64.0 Å². The van der Waals surface area contributed by atoms with E-state index in [4.69, 9.17) is 9.73 Å². The van der Waals surface area contributed by atoms with Crippen molar-refractivity contribution in [2.75, 3.05) is 19.0 Å². The first kappa shape index (κ1) is 13.7. The van der Waals surface area contributed by atoms with Crippen LogP contribution < -0.4 is 5.32 Å². The molecule has 3 nitrogen and oxygen atoms in total. The van der Waals surface area contributed by atoms with Gasteiger partial charge in [-0.05, 0) is 43.9 Å². The topological polar surface area (TPSA) is 33.6 Å². The highest BCUT2D eigenvalue weighted by Crippen LogP contribution is 2.37. The van der Waals surface area contributed by atoms with Crippen LogP contribution in [0, 0.1) is 5.41 Å². The second kappa shape index (κ2) is 5.28. The Morgan fingerprint density at radius 3 is 2.53 bits per heavy atom. The summed E-state index contributed by atoms with van der Waals surface area (Å²) in [5, 5.41) is 4.91. The van der Waals surface area contributed by atoms with Crippen molar-refractivity contribution >= 4 is 16.9 Å². The maximum atomic E-state index is 5.48. The fourth-order valence-electron chi connectivity index (χ4n) is 3.29. The molecule has 4 heteroatoms. The van der Waals surface area contributed by atoms with Crippen molar-refractivity contribution in [2.24, 2.45) is 10.4 Å². The van der Waals surface area contributed by atoms with Crippen LogP contribution in [-0.4, -0.2) is 35.7 Å². The fraction of sp³-hybridized carbons (Fsp3) is 0.933. The number of amidine groups is 1. The maximum absolute atomic E-state index is 5.48. The van der Waals surface area contributed by atoms with E-state index in [2.05, 4.69) is 19.2 Å². The lowest BCUT2D eigenvalue weighted by molar-refractivity contribution is 0.0555. The van der Waals surface area contributed by atoms with Crippen LogP contribution in [0.25, 0.3) is 0 Å². The molecule has 0 atom stereocenters. The molecule has 2 aliphatic heterocycles. The highest BCUT2D eigenvalue weighted by Gasteiger charge is 2.39. The van der Waals surface area contributed by atoms with E-state index < -0.39 is 0 Å². The number of nitrogens with zero attached hydrogens (tertiary/aromatic N) is 1. The second-order valence-corrected chi connectivity index (χ2v) is 8.10. The van der Waals surface area contributed by atoms with Gasteiger partial charge < -0.3 is 10.1 Å². The minimum Gasteiger partial charge on any atom is -0.381 e. The summed E-state index contributed by atoms with van der Waals surface area (Å²) in [6.45, 7) is 6.57. The van der Waals surface area contributed by atoms with E-state index in [1.54, 1.807) is 0 Å². The number of ether oxygens (including phenoxy) is 1. The van der Waals surface area contributed by atoms with Gasteiger partial charge in [-0.15, -0.1) is 0 Å². The van der Waals surface area contributed by atoms with E-state index in [9.17, 15) is 0 Å². The Morgan fingerprint density at radius 1 is 1.16 bits per heavy atom. The predicted octanol–water partition coefficient (Wildman–Crippen LogP) is 3.20. The third kappa shape index (κ3) is 3.27. The van der Waals surface area contributed by atoms with Gasteiger partial charge in [0.15, 0.2) is 5.17 Å². The van der Waals surface area contributed by atoms with Crippen molar-refractivity contribution < 1.29 is 4.74 Å². The van der Waals surface area contributed by atoms with Gasteiger partial charge in [0.2, 0.25) is 0 Å². The first-order chi connectivity index (χ1) is 9.07. The quantitative estimate of drug-likeness (QED) is 0.802. The normalized spacial score (nSPS) is 32.6. The molecular formula is C15H26N2OS. The fourth-order valence-corrected chi connectivity index (χ4v) is 4.57. The summed E-state index contributed by atoms with van der Waals surface area (Å²) in [5.41, 5.74) is 0.824. The van der Waals surface area contributed by atoms with Gasteiger partial charge in [0.1, 0.15) is 0 Å². The molecule has 3 aliphatic rings. The van der Waals surface area contributed by atoms with Gasteiger partial charge in [-0.2, -0.15) is 0 Å². The zero-order chi connectivity index (χ0) is 13.3. The van der Waals surface area contributed by atoms with E-state index in [-0.39, 0.29) is 5.54 Å². The Labute approximate surface area is 121 Å². The van der Waals surface area contributed by atoms with Crippen LogP contribution >= 0.6 is 11.8 Å². The molecule has 0 aromatic carbocycles. The number of aliphatic imine (C=N–C) groups is 1. The second-order valence-electron chi connectivity index (χ2n) is 7.14. The standard InChI is InChI=1S/C15H26N2OS/c1-14(2)5-3-12(4-6-14)16-13-17-15(11-19-13)7-9-18-10-8-15/h12H,3-11H2,1-2H3,(H,16,17). The molecule has 3 rings (SSSR count). The molecule has 1 aliphatic carbocycles. The zero-order valence-electron chi connectivity index (χ0n) is 12.2. The summed E-state index contributed by atoms with van der Waals surface area (Å²) < 4.78 is 5.48. The van der Waals surface area contributed by atoms with Crippen LogP contribution in [0.2, 0.25) is 0 Å². The number of thioether (sulfide) groups is 1. The molecule has 1 N–H and O–H groups in total. The molecule has 0 aromatic rings. The zero-order valence-corrected chi connectivity index (χ0v) is 13.0. The molecule has 0 aromatic heterocycles. The number of rotatable bonds is 1. The molecule has 0 bridgehead atoms. The first-order valence-electron chi connectivity index (χ1n) is 7.64. The van der Waals surface area contributed by atoms with Gasteiger partial charge in [0.05, 0.1) is 11.6 Å². The average molecular weight is 282 g/mol. The molecule has 0 amide bonds. The summed E-state index contributed by atoms with van der Waals surface area (Å²) in [6, 6.07) is 0.554. The van der Waals surface area contributed by atoms with Crippen molar-refractivity contribution in [3.05, 3.63) is 0 Å². The highest BCUT2D eigenvalue weighted by atomic mass is 32.2. The number of nitrogens with one attached hydrogen (secondary N) is 1. The molecule has 3 fully saturated rings. The van der Waals surface area contributed by atoms with Crippen molar-refractivity contribution in [1.29, 1.82) is 0 Å². The predicted molar refractivity (Wildman–Crippen MR) is 81.8 cm³/mol. The SMILES string of the molecule is CC1(C)CCC(N=C2NC3(CCOCC3)CS2)CC1. The van der Waals surface area contributed by atoms with Gasteiger partial charge in [-0.3, -0.25) is 4.99 Å². The lowest BCUT2D eigenvalue weighted by Gasteiger charge is -2.34. The third-order valence-electron chi connectivity index (χ3n) is 4.92. The van der Waals surface area contributed by atoms with E-state index in [0.29, 0.717) is 11.5 Å². The largest absolute Gasteiger partial charge is 0.381 e. The third-order valence-corrected chi connectivity index (χ3v) is 6.09. The molecule has 2 saturated heterocycles. The average Bonchev–Trinajstić information content (AvgIpc) is 2.76. The Bertz CT molecular complexity index is 351. The van der Waals surface area contributed by atoms with Crippen LogP contribution in [-0.2, 0) is 4.74 Å². The molecule has 0 radical (unpaired) electrons. The van der Waals surface area contributed by atoms with Crippen molar-refractivity contribution in [3.63, 3.8) is 0 Å². The maximum Gasteiger partial charge on any atom is 0.157 e. The minimum absolute atomic E-state index is 0.287. The Morgan fingerprint density at radius 2 is 1.84 bits per heavy atom. The molecule has 108 valence electrons. The molecule has 1 spiro atoms. The van der Waals surface area contributed by atoms with E-state index in [1.165, 1.54) is 36.6 Å². The summed E-state index contributed by atoms with van der Waals surface area (Å²) in [4.78, 5) is 4.98. The number of hydrogen-bond donors (Lipinski definition) is 1. The monoisotopic (exact) mass is 282 g/mol. The molecule has 19 heavy (non-hydrogen) atoms. The summed E-state index contributed by atoms with van der Waals surface area (Å²) in [5.74, 6) is 1.17. The van der Waals surface area contributed by atoms with Gasteiger partial charge in [-0.25, -0.2) is 0 Å². The van der Waals surface area contributed by atoms with Crippen molar-refractivity contribution in [3.8, 4) is 0 Å². The van der Waals surface area contributed by atoms with Crippen LogP contribution in [0.5, 0.6) is 0 Å². The Balaban J connectivity index is 1.57. The molecule has 2 heterocycles. The van der Waals surface area contributed by atoms with Gasteiger partial charge in [-0.1, -0.05) is 25.6 Å². The lowest BCUT2D eigenvalue weighted by atomic mass is 9.76. The lowest BCUT2D eigenvalue weighted by Crippen LogP contribution is -2.48. The highest BCUT2D eigenvalue weighted by molar-refractivity contribution is 8.14.